The van der Waals surface area contributed by atoms with Crippen LogP contribution in [0, 0.1) is 0 Å². The van der Waals surface area contributed by atoms with Gasteiger partial charge in [-0.15, -0.1) is 0 Å². The summed E-state index contributed by atoms with van der Waals surface area (Å²) < 4.78 is 5.85. The number of aliphatic hydroxyl groups is 2. The van der Waals surface area contributed by atoms with Gasteiger partial charge < -0.3 is 20.3 Å². The fourth-order valence-corrected chi connectivity index (χ4v) is 6.76. The Labute approximate surface area is 375 Å². The molecule has 0 fully saturated rings. The zero-order valence-corrected chi connectivity index (χ0v) is 39.2. The van der Waals surface area contributed by atoms with E-state index in [1.165, 1.54) is 57.8 Å². The molecule has 3 N–H and O–H groups in total. The molecule has 6 heteroatoms. The number of allylic oxidation sites excluding steroid dienone is 17. The van der Waals surface area contributed by atoms with Crippen LogP contribution in [0.5, 0.6) is 0 Å². The molecule has 0 spiro atoms. The molecule has 0 saturated heterocycles. The first kappa shape index (κ1) is 57.5. The fourth-order valence-electron chi connectivity index (χ4n) is 6.76. The van der Waals surface area contributed by atoms with E-state index in [-0.39, 0.29) is 24.9 Å². The first-order chi connectivity index (χ1) is 30.0. The highest BCUT2D eigenvalue weighted by molar-refractivity contribution is 5.77. The highest BCUT2D eigenvalue weighted by Crippen LogP contribution is 2.15. The van der Waals surface area contributed by atoms with Gasteiger partial charge in [-0.3, -0.25) is 9.59 Å². The Bertz CT molecular complexity index is 1270. The molecule has 3 unspecified atom stereocenters. The van der Waals surface area contributed by atoms with E-state index in [9.17, 15) is 19.8 Å². The summed E-state index contributed by atoms with van der Waals surface area (Å²) in [5.41, 5.74) is 0. The Hall–Kier alpha value is -3.48. The maximum absolute atomic E-state index is 13.2. The van der Waals surface area contributed by atoms with E-state index in [1.807, 2.05) is 30.4 Å². The number of rotatable bonds is 42. The molecule has 0 aromatic carbocycles. The zero-order chi connectivity index (χ0) is 44.5. The van der Waals surface area contributed by atoms with Crippen molar-refractivity contribution in [3.05, 3.63) is 109 Å². The molecule has 0 aromatic rings. The average Bonchev–Trinajstić information content (AvgIpc) is 3.25. The molecule has 0 aromatic heterocycles. The third-order valence-electron chi connectivity index (χ3n) is 10.4. The lowest BCUT2D eigenvalue weighted by atomic mass is 10.0. The molecule has 0 saturated carbocycles. The van der Waals surface area contributed by atoms with E-state index in [0.717, 1.165) is 96.3 Å². The molecule has 0 rings (SSSR count). The highest BCUT2D eigenvalue weighted by atomic mass is 16.5. The van der Waals surface area contributed by atoms with Crippen LogP contribution in [0.15, 0.2) is 109 Å². The topological polar surface area (TPSA) is 95.9 Å². The van der Waals surface area contributed by atoms with Gasteiger partial charge in [0.05, 0.1) is 25.2 Å². The number of amides is 1. The van der Waals surface area contributed by atoms with Crippen LogP contribution < -0.4 is 5.32 Å². The van der Waals surface area contributed by atoms with Gasteiger partial charge in [-0.2, -0.15) is 0 Å². The summed E-state index contributed by atoms with van der Waals surface area (Å²) in [7, 11) is 0. The lowest BCUT2D eigenvalue weighted by molar-refractivity contribution is -0.150. The average molecular weight is 846 g/mol. The van der Waals surface area contributed by atoms with E-state index >= 15 is 0 Å². The van der Waals surface area contributed by atoms with Crippen molar-refractivity contribution in [1.29, 1.82) is 0 Å². The molecule has 1 amide bonds. The second-order valence-corrected chi connectivity index (χ2v) is 16.2. The van der Waals surface area contributed by atoms with Crippen molar-refractivity contribution in [3.8, 4) is 0 Å². The van der Waals surface area contributed by atoms with Crippen molar-refractivity contribution in [1.82, 2.24) is 5.32 Å². The maximum atomic E-state index is 13.2. The normalized spacial score (nSPS) is 14.2. The zero-order valence-electron chi connectivity index (χ0n) is 39.2. The van der Waals surface area contributed by atoms with Crippen molar-refractivity contribution < 1.29 is 24.5 Å². The van der Waals surface area contributed by atoms with Crippen molar-refractivity contribution in [2.75, 3.05) is 6.61 Å². The van der Waals surface area contributed by atoms with Crippen LogP contribution in [-0.4, -0.2) is 46.9 Å². The second-order valence-electron chi connectivity index (χ2n) is 16.2. The quantitative estimate of drug-likeness (QED) is 0.0246. The third kappa shape index (κ3) is 43.0. The van der Waals surface area contributed by atoms with Crippen LogP contribution in [0.1, 0.15) is 201 Å². The minimum absolute atomic E-state index is 0.0171. The minimum atomic E-state index is -0.822. The highest BCUT2D eigenvalue weighted by Gasteiger charge is 2.23. The third-order valence-corrected chi connectivity index (χ3v) is 10.4. The molecule has 6 nitrogen and oxygen atoms in total. The van der Waals surface area contributed by atoms with E-state index in [0.29, 0.717) is 19.3 Å². The Morgan fingerprint density at radius 1 is 0.525 bits per heavy atom. The summed E-state index contributed by atoms with van der Waals surface area (Å²) in [6, 6.07) is -0.743. The molecule has 61 heavy (non-hydrogen) atoms. The van der Waals surface area contributed by atoms with Crippen LogP contribution in [0.25, 0.3) is 0 Å². The van der Waals surface area contributed by atoms with E-state index in [1.54, 1.807) is 0 Å². The smallest absolute Gasteiger partial charge is 0.306 e. The maximum Gasteiger partial charge on any atom is 0.306 e. The molecule has 0 heterocycles. The summed E-state index contributed by atoms with van der Waals surface area (Å²) in [5.74, 6) is -0.618. The van der Waals surface area contributed by atoms with Gasteiger partial charge in [-0.25, -0.2) is 0 Å². The molecular formula is C55H91NO5. The first-order valence-corrected chi connectivity index (χ1v) is 24.7. The van der Waals surface area contributed by atoms with E-state index in [4.69, 9.17) is 4.74 Å². The second kappa shape index (κ2) is 47.6. The molecule has 0 aliphatic carbocycles. The predicted molar refractivity (Wildman–Crippen MR) is 263 cm³/mol. The standard InChI is InChI=1S/C55H91NO5/c1-4-7-10-13-16-19-22-25-27-29-31-34-37-40-43-46-51(61-55(60)48-45-42-39-36-33-30-28-26-23-20-17-14-11-8-5-2)49-54(59)56-52(50-57)53(58)47-44-41-38-35-32-24-21-18-15-12-9-6-3/h7-8,10-11,14,16-17,19-20,23,25-28,31,34,40,43,51-53,57-58H,4-6,9,12-13,15,18,21-22,24,29-30,32-33,35-39,41-42,44-50H2,1-3H3,(H,56,59)/b10-7-,11-8+,17-14+,19-16-,23-20+,27-25-,28-26-,34-31-,43-40-. The molecule has 346 valence electrons. The molecule has 0 aliphatic heterocycles. The Morgan fingerprint density at radius 3 is 1.52 bits per heavy atom. The number of esters is 1. The SMILES string of the molecule is CC/C=C\C/C=C\C/C=C\C/C=C\C/C=C\CC(CC(=O)NC(CO)C(O)CCCCCCCCCCCCCC)OC(=O)CCCCCCC\C=C/C=C/C=C/C=C/CC. The van der Waals surface area contributed by atoms with Gasteiger partial charge in [0.25, 0.3) is 0 Å². The van der Waals surface area contributed by atoms with Gasteiger partial charge in [-0.1, -0.05) is 226 Å². The summed E-state index contributed by atoms with van der Waals surface area (Å²) in [5, 5.41) is 23.7. The lowest BCUT2D eigenvalue weighted by Gasteiger charge is -2.24. The van der Waals surface area contributed by atoms with Gasteiger partial charge in [-0.05, 0) is 64.2 Å². The fraction of sp³-hybridized carbons (Fsp3) is 0.636. The largest absolute Gasteiger partial charge is 0.461 e. The molecular weight excluding hydrogens is 755 g/mol. The number of hydrogen-bond acceptors (Lipinski definition) is 5. The van der Waals surface area contributed by atoms with Crippen molar-refractivity contribution in [2.45, 2.75) is 219 Å². The van der Waals surface area contributed by atoms with Crippen molar-refractivity contribution in [2.24, 2.45) is 0 Å². The predicted octanol–water partition coefficient (Wildman–Crippen LogP) is 14.7. The van der Waals surface area contributed by atoms with Gasteiger partial charge >= 0.3 is 5.97 Å². The molecule has 3 atom stereocenters. The van der Waals surface area contributed by atoms with Gasteiger partial charge in [0.15, 0.2) is 0 Å². The summed E-state index contributed by atoms with van der Waals surface area (Å²) in [4.78, 5) is 26.1. The number of carbonyl (C=O) groups is 2. The van der Waals surface area contributed by atoms with Crippen LogP contribution in [0.3, 0.4) is 0 Å². The summed E-state index contributed by atoms with van der Waals surface area (Å²) >= 11 is 0. The minimum Gasteiger partial charge on any atom is -0.461 e. The van der Waals surface area contributed by atoms with E-state index in [2.05, 4.69) is 105 Å². The van der Waals surface area contributed by atoms with Gasteiger partial charge in [0, 0.05) is 12.8 Å². The van der Waals surface area contributed by atoms with Crippen LogP contribution in [0.4, 0.5) is 0 Å². The van der Waals surface area contributed by atoms with Crippen LogP contribution in [0.2, 0.25) is 0 Å². The number of aliphatic hydroxyl groups excluding tert-OH is 2. The first-order valence-electron chi connectivity index (χ1n) is 24.7. The summed E-state index contributed by atoms with van der Waals surface area (Å²) in [6.45, 7) is 6.18. The Morgan fingerprint density at radius 2 is 0.984 bits per heavy atom. The summed E-state index contributed by atoms with van der Waals surface area (Å²) in [6.07, 6.45) is 64.4. The number of hydrogen-bond donors (Lipinski definition) is 3. The molecule has 0 radical (unpaired) electrons. The number of carbonyl (C=O) groups excluding carboxylic acids is 2. The van der Waals surface area contributed by atoms with Crippen molar-refractivity contribution in [3.63, 3.8) is 0 Å². The van der Waals surface area contributed by atoms with Gasteiger partial charge in [0.2, 0.25) is 5.91 Å². The van der Waals surface area contributed by atoms with Gasteiger partial charge in [0.1, 0.15) is 6.10 Å². The monoisotopic (exact) mass is 846 g/mol. The lowest BCUT2D eigenvalue weighted by Crippen LogP contribution is -2.46. The van der Waals surface area contributed by atoms with Crippen LogP contribution >= 0.6 is 0 Å². The van der Waals surface area contributed by atoms with E-state index < -0.39 is 18.2 Å². The Kier molecular flexibility index (Phi) is 44.9. The Balaban J connectivity index is 4.81. The number of ether oxygens (including phenoxy) is 1. The van der Waals surface area contributed by atoms with Crippen LogP contribution in [-0.2, 0) is 14.3 Å². The number of nitrogens with one attached hydrogen (secondary N) is 1. The molecule has 0 bridgehead atoms. The number of unbranched alkanes of at least 4 members (excludes halogenated alkanes) is 16. The van der Waals surface area contributed by atoms with Crippen molar-refractivity contribution >= 4 is 11.9 Å². The molecule has 0 aliphatic rings.